The number of aliphatic hydroxyl groups is 1. The second kappa shape index (κ2) is 9.34. The molecule has 6 nitrogen and oxygen atoms in total. The lowest BCUT2D eigenvalue weighted by Crippen LogP contribution is -2.73. The first-order chi connectivity index (χ1) is 15.1. The van der Waals surface area contributed by atoms with Gasteiger partial charge in [0.1, 0.15) is 6.61 Å². The van der Waals surface area contributed by atoms with E-state index in [0.717, 1.165) is 11.1 Å². The van der Waals surface area contributed by atoms with E-state index < -0.39 is 0 Å². The molecule has 0 unspecified atom stereocenters. The van der Waals surface area contributed by atoms with Crippen molar-refractivity contribution in [1.82, 2.24) is 9.80 Å². The Kier molecular flexibility index (Phi) is 6.36. The van der Waals surface area contributed by atoms with Gasteiger partial charge in [-0.25, -0.2) is 0 Å². The van der Waals surface area contributed by atoms with E-state index in [0.29, 0.717) is 13.0 Å². The minimum Gasteiger partial charge on any atom is -0.394 e. The predicted molar refractivity (Wildman–Crippen MR) is 116 cm³/mol. The van der Waals surface area contributed by atoms with Gasteiger partial charge in [-0.15, -0.1) is 0 Å². The third kappa shape index (κ3) is 4.34. The van der Waals surface area contributed by atoms with Crippen LogP contribution < -0.4 is 0 Å². The minimum absolute atomic E-state index is 0.0153. The number of methoxy groups -OCH3 is 1. The number of amides is 2. The van der Waals surface area contributed by atoms with E-state index in [-0.39, 0.29) is 49.6 Å². The molecule has 0 bridgehead atoms. The number of fused-ring (bicyclic) bond motifs is 1. The fourth-order valence-electron chi connectivity index (χ4n) is 4.54. The molecule has 4 rings (SSSR count). The zero-order chi connectivity index (χ0) is 21.8. The summed E-state index contributed by atoms with van der Waals surface area (Å²) in [7, 11) is 1.47. The SMILES string of the molecule is COCC(=O)N1CC(=O)N2[C@H](CO)[C@@H](c3ccc(C#CCc4ccccc4)cc3)[C@H]2C1. The molecule has 2 amide bonds. The van der Waals surface area contributed by atoms with Crippen molar-refractivity contribution in [1.29, 1.82) is 0 Å². The fourth-order valence-corrected chi connectivity index (χ4v) is 4.54. The van der Waals surface area contributed by atoms with Crippen LogP contribution >= 0.6 is 0 Å². The lowest BCUT2D eigenvalue weighted by molar-refractivity contribution is -0.168. The molecule has 2 aliphatic heterocycles. The Morgan fingerprint density at radius 3 is 2.58 bits per heavy atom. The standard InChI is InChI=1S/C25H26N2O4/c1-31-17-24(30)26-14-21-25(22(16-28)27(21)23(29)15-26)20-12-10-19(11-13-20)9-5-8-18-6-3-2-4-7-18/h2-4,6-7,10-13,21-22,25,28H,8,14-17H2,1H3/t21-,22-,25+/m1/s1. The molecule has 1 N–H and O–H groups in total. The number of ether oxygens (including phenoxy) is 1. The van der Waals surface area contributed by atoms with E-state index in [4.69, 9.17) is 4.74 Å². The van der Waals surface area contributed by atoms with Gasteiger partial charge in [0.25, 0.3) is 0 Å². The van der Waals surface area contributed by atoms with Crippen LogP contribution in [0.1, 0.15) is 22.6 Å². The van der Waals surface area contributed by atoms with Crippen molar-refractivity contribution in [3.8, 4) is 11.8 Å². The van der Waals surface area contributed by atoms with Crippen LogP contribution in [0.25, 0.3) is 0 Å². The molecule has 2 aliphatic rings. The van der Waals surface area contributed by atoms with Gasteiger partial charge in [-0.1, -0.05) is 54.3 Å². The lowest BCUT2D eigenvalue weighted by Gasteiger charge is -2.58. The van der Waals surface area contributed by atoms with Gasteiger partial charge in [-0.3, -0.25) is 9.59 Å². The molecule has 2 aromatic rings. The van der Waals surface area contributed by atoms with Crippen LogP contribution in [0.4, 0.5) is 0 Å². The first-order valence-corrected chi connectivity index (χ1v) is 10.4. The molecule has 2 saturated heterocycles. The van der Waals surface area contributed by atoms with Crippen LogP contribution in [0.3, 0.4) is 0 Å². The maximum atomic E-state index is 12.6. The smallest absolute Gasteiger partial charge is 0.249 e. The van der Waals surface area contributed by atoms with Crippen LogP contribution in [-0.4, -0.2) is 72.2 Å². The highest BCUT2D eigenvalue weighted by molar-refractivity contribution is 5.88. The number of rotatable bonds is 5. The van der Waals surface area contributed by atoms with E-state index in [9.17, 15) is 14.7 Å². The third-order valence-corrected chi connectivity index (χ3v) is 6.04. The molecule has 0 aliphatic carbocycles. The summed E-state index contributed by atoms with van der Waals surface area (Å²) in [5.41, 5.74) is 3.15. The van der Waals surface area contributed by atoms with E-state index in [1.165, 1.54) is 12.7 Å². The monoisotopic (exact) mass is 418 g/mol. The number of nitrogens with zero attached hydrogens (tertiary/aromatic N) is 2. The lowest BCUT2D eigenvalue weighted by atomic mass is 9.73. The Morgan fingerprint density at radius 2 is 1.90 bits per heavy atom. The summed E-state index contributed by atoms with van der Waals surface area (Å²) < 4.78 is 4.93. The molecular formula is C25H26N2O4. The highest BCUT2D eigenvalue weighted by Gasteiger charge is 2.54. The Balaban J connectivity index is 1.46. The predicted octanol–water partition coefficient (Wildman–Crippen LogP) is 1.42. The Hall–Kier alpha value is -3.14. The number of aliphatic hydroxyl groups excluding tert-OH is 1. The van der Waals surface area contributed by atoms with Crippen LogP contribution in [0, 0.1) is 11.8 Å². The van der Waals surface area contributed by atoms with Gasteiger partial charge in [-0.05, 0) is 23.3 Å². The average molecular weight is 418 g/mol. The number of carbonyl (C=O) groups excluding carboxylic acids is 2. The summed E-state index contributed by atoms with van der Waals surface area (Å²) in [5, 5.41) is 9.90. The molecule has 2 fully saturated rings. The van der Waals surface area contributed by atoms with Crippen LogP contribution in [-0.2, 0) is 20.7 Å². The largest absolute Gasteiger partial charge is 0.394 e. The Bertz CT molecular complexity index is 994. The molecule has 0 saturated carbocycles. The second-order valence-electron chi connectivity index (χ2n) is 7.94. The van der Waals surface area contributed by atoms with Crippen molar-refractivity contribution >= 4 is 11.8 Å². The van der Waals surface area contributed by atoms with E-state index in [1.54, 1.807) is 9.80 Å². The molecule has 0 radical (unpaired) electrons. The van der Waals surface area contributed by atoms with Crippen molar-refractivity contribution in [2.45, 2.75) is 24.4 Å². The van der Waals surface area contributed by atoms with Gasteiger partial charge < -0.3 is 19.6 Å². The summed E-state index contributed by atoms with van der Waals surface area (Å²) >= 11 is 0. The van der Waals surface area contributed by atoms with Gasteiger partial charge in [0.2, 0.25) is 11.8 Å². The number of piperazine rings is 1. The van der Waals surface area contributed by atoms with Crippen molar-refractivity contribution in [3.63, 3.8) is 0 Å². The number of hydrogen-bond acceptors (Lipinski definition) is 4. The van der Waals surface area contributed by atoms with Crippen LogP contribution in [0.15, 0.2) is 54.6 Å². The first-order valence-electron chi connectivity index (χ1n) is 10.4. The first kappa shape index (κ1) is 21.1. The zero-order valence-electron chi connectivity index (χ0n) is 17.5. The molecule has 6 heteroatoms. The highest BCUT2D eigenvalue weighted by Crippen LogP contribution is 2.42. The van der Waals surface area contributed by atoms with Gasteiger partial charge >= 0.3 is 0 Å². The summed E-state index contributed by atoms with van der Waals surface area (Å²) in [6.45, 7) is 0.355. The fraction of sp³-hybridized carbons (Fsp3) is 0.360. The quantitative estimate of drug-likeness (QED) is 0.746. The summed E-state index contributed by atoms with van der Waals surface area (Å²) in [6, 6.07) is 17.7. The van der Waals surface area contributed by atoms with Crippen molar-refractivity contribution in [2.75, 3.05) is 33.4 Å². The van der Waals surface area contributed by atoms with Gasteiger partial charge in [-0.2, -0.15) is 0 Å². The van der Waals surface area contributed by atoms with Gasteiger partial charge in [0.05, 0.1) is 25.2 Å². The van der Waals surface area contributed by atoms with Gasteiger partial charge in [0.15, 0.2) is 0 Å². The summed E-state index contributed by atoms with van der Waals surface area (Å²) in [6.07, 6.45) is 0.697. The van der Waals surface area contributed by atoms with Crippen molar-refractivity contribution in [3.05, 3.63) is 71.3 Å². The molecule has 3 atom stereocenters. The molecule has 0 spiro atoms. The summed E-state index contributed by atoms with van der Waals surface area (Å²) in [4.78, 5) is 28.1. The van der Waals surface area contributed by atoms with Crippen molar-refractivity contribution < 1.29 is 19.4 Å². The highest BCUT2D eigenvalue weighted by atomic mass is 16.5. The third-order valence-electron chi connectivity index (χ3n) is 6.04. The van der Waals surface area contributed by atoms with Crippen LogP contribution in [0.5, 0.6) is 0 Å². The Labute approximate surface area is 182 Å². The normalized spacial score (nSPS) is 22.3. The minimum atomic E-state index is -0.257. The van der Waals surface area contributed by atoms with Gasteiger partial charge in [0, 0.05) is 31.6 Å². The molecule has 2 aromatic carbocycles. The average Bonchev–Trinajstić information content (AvgIpc) is 2.77. The topological polar surface area (TPSA) is 70.1 Å². The summed E-state index contributed by atoms with van der Waals surface area (Å²) in [5.74, 6) is 6.06. The number of carbonyl (C=O) groups is 2. The Morgan fingerprint density at radius 1 is 1.16 bits per heavy atom. The molecule has 2 heterocycles. The molecular weight excluding hydrogens is 392 g/mol. The van der Waals surface area contributed by atoms with Crippen LogP contribution in [0.2, 0.25) is 0 Å². The maximum Gasteiger partial charge on any atom is 0.249 e. The van der Waals surface area contributed by atoms with Crippen molar-refractivity contribution in [2.24, 2.45) is 0 Å². The number of hydrogen-bond donors (Lipinski definition) is 1. The zero-order valence-corrected chi connectivity index (χ0v) is 17.5. The molecule has 0 aromatic heterocycles. The molecule has 160 valence electrons. The maximum absolute atomic E-state index is 12.6. The van der Waals surface area contributed by atoms with E-state index in [2.05, 4.69) is 24.0 Å². The molecule has 31 heavy (non-hydrogen) atoms. The van der Waals surface area contributed by atoms with E-state index >= 15 is 0 Å². The number of benzene rings is 2. The van der Waals surface area contributed by atoms with E-state index in [1.807, 2.05) is 42.5 Å². The second-order valence-corrected chi connectivity index (χ2v) is 7.94.